The van der Waals surface area contributed by atoms with Gasteiger partial charge in [0.05, 0.1) is 5.25 Å². The molecule has 0 amide bonds. The molecule has 15 heavy (non-hydrogen) atoms. The number of nitrogens with one attached hydrogen (secondary N) is 1. The van der Waals surface area contributed by atoms with Crippen molar-refractivity contribution in [1.82, 2.24) is 4.72 Å². The number of hydrogen-bond donors (Lipinski definition) is 2. The molecule has 5 nitrogen and oxygen atoms in total. The second kappa shape index (κ2) is 4.01. The Morgan fingerprint density at radius 1 is 1.33 bits per heavy atom. The lowest BCUT2D eigenvalue weighted by molar-refractivity contribution is 0.0502. The van der Waals surface area contributed by atoms with Gasteiger partial charge in [-0.3, -0.25) is 0 Å². The standard InChI is InChI=1S/C9H18N2O3S/c10-7-9(3-5-14-6-4-9)11-15(12,13)8-1-2-8/h8,11H,1-7,10H2. The lowest BCUT2D eigenvalue weighted by Gasteiger charge is -2.36. The molecule has 6 heteroatoms. The van der Waals surface area contributed by atoms with E-state index in [-0.39, 0.29) is 5.25 Å². The molecule has 3 N–H and O–H groups in total. The molecule has 0 radical (unpaired) electrons. The molecule has 0 atom stereocenters. The van der Waals surface area contributed by atoms with Gasteiger partial charge < -0.3 is 10.5 Å². The quantitative estimate of drug-likeness (QED) is 0.692. The fourth-order valence-corrected chi connectivity index (χ4v) is 3.69. The predicted molar refractivity (Wildman–Crippen MR) is 56.9 cm³/mol. The smallest absolute Gasteiger partial charge is 0.215 e. The van der Waals surface area contributed by atoms with E-state index in [1.54, 1.807) is 0 Å². The van der Waals surface area contributed by atoms with Gasteiger partial charge in [0.15, 0.2) is 0 Å². The van der Waals surface area contributed by atoms with E-state index in [4.69, 9.17) is 10.5 Å². The summed E-state index contributed by atoms with van der Waals surface area (Å²) in [6.45, 7) is 1.52. The van der Waals surface area contributed by atoms with Crippen molar-refractivity contribution in [1.29, 1.82) is 0 Å². The predicted octanol–water partition coefficient (Wildman–Crippen LogP) is -0.424. The first kappa shape index (κ1) is 11.3. The molecule has 1 heterocycles. The van der Waals surface area contributed by atoms with Crippen molar-refractivity contribution in [3.8, 4) is 0 Å². The summed E-state index contributed by atoms with van der Waals surface area (Å²) < 4.78 is 31.6. The topological polar surface area (TPSA) is 81.4 Å². The third kappa shape index (κ3) is 2.50. The van der Waals surface area contributed by atoms with Crippen LogP contribution in [0.5, 0.6) is 0 Å². The summed E-state index contributed by atoms with van der Waals surface area (Å²) in [7, 11) is -3.14. The lowest BCUT2D eigenvalue weighted by Crippen LogP contribution is -2.57. The maximum atomic E-state index is 11.8. The Balaban J connectivity index is 2.06. The number of hydrogen-bond acceptors (Lipinski definition) is 4. The average molecular weight is 234 g/mol. The van der Waals surface area contributed by atoms with Crippen molar-refractivity contribution in [2.75, 3.05) is 19.8 Å². The van der Waals surface area contributed by atoms with Crippen LogP contribution in [0.4, 0.5) is 0 Å². The molecule has 1 saturated heterocycles. The highest BCUT2D eigenvalue weighted by Crippen LogP contribution is 2.30. The summed E-state index contributed by atoms with van der Waals surface area (Å²) in [4.78, 5) is 0. The Bertz CT molecular complexity index is 318. The Morgan fingerprint density at radius 3 is 2.40 bits per heavy atom. The van der Waals surface area contributed by atoms with Crippen molar-refractivity contribution in [3.05, 3.63) is 0 Å². The van der Waals surface area contributed by atoms with E-state index < -0.39 is 15.6 Å². The maximum absolute atomic E-state index is 11.8. The van der Waals surface area contributed by atoms with E-state index in [9.17, 15) is 8.42 Å². The third-order valence-corrected chi connectivity index (χ3v) is 5.23. The molecule has 2 rings (SSSR count). The van der Waals surface area contributed by atoms with Crippen LogP contribution in [0.1, 0.15) is 25.7 Å². The maximum Gasteiger partial charge on any atom is 0.215 e. The van der Waals surface area contributed by atoms with Gasteiger partial charge in [0.2, 0.25) is 10.0 Å². The van der Waals surface area contributed by atoms with Crippen LogP contribution < -0.4 is 10.5 Å². The Morgan fingerprint density at radius 2 is 1.93 bits per heavy atom. The van der Waals surface area contributed by atoms with Crippen LogP contribution in [0.15, 0.2) is 0 Å². The minimum Gasteiger partial charge on any atom is -0.381 e. The van der Waals surface area contributed by atoms with E-state index >= 15 is 0 Å². The molecular formula is C9H18N2O3S. The highest BCUT2D eigenvalue weighted by molar-refractivity contribution is 7.90. The summed E-state index contributed by atoms with van der Waals surface area (Å²) in [5.41, 5.74) is 5.22. The molecule has 2 aliphatic rings. The van der Waals surface area contributed by atoms with E-state index in [1.807, 2.05) is 0 Å². The molecule has 88 valence electrons. The molecule has 1 aliphatic carbocycles. The second-order valence-electron chi connectivity index (χ2n) is 4.44. The number of ether oxygens (including phenoxy) is 1. The van der Waals surface area contributed by atoms with Crippen molar-refractivity contribution < 1.29 is 13.2 Å². The summed E-state index contributed by atoms with van der Waals surface area (Å²) in [6, 6.07) is 0. The van der Waals surface area contributed by atoms with Crippen LogP contribution in [-0.2, 0) is 14.8 Å². The molecule has 1 saturated carbocycles. The molecule has 0 unspecified atom stereocenters. The molecule has 2 fully saturated rings. The van der Waals surface area contributed by atoms with Gasteiger partial charge in [-0.15, -0.1) is 0 Å². The zero-order chi connectivity index (χ0) is 10.9. The third-order valence-electron chi connectivity index (χ3n) is 3.16. The summed E-state index contributed by atoms with van der Waals surface area (Å²) in [6.07, 6.45) is 2.92. The molecule has 0 bridgehead atoms. The second-order valence-corrected chi connectivity index (χ2v) is 6.40. The first-order valence-electron chi connectivity index (χ1n) is 5.39. The summed E-state index contributed by atoms with van der Waals surface area (Å²) in [5.74, 6) is 0. The summed E-state index contributed by atoms with van der Waals surface area (Å²) in [5, 5.41) is -0.177. The number of sulfonamides is 1. The Labute approximate surface area is 90.4 Å². The van der Waals surface area contributed by atoms with Crippen molar-refractivity contribution in [2.24, 2.45) is 5.73 Å². The Hall–Kier alpha value is -0.170. The normalized spacial score (nSPS) is 26.5. The van der Waals surface area contributed by atoms with Gasteiger partial charge in [-0.25, -0.2) is 13.1 Å². The molecule has 0 aromatic carbocycles. The first-order chi connectivity index (χ1) is 7.08. The van der Waals surface area contributed by atoms with Gasteiger partial charge in [-0.05, 0) is 25.7 Å². The monoisotopic (exact) mass is 234 g/mol. The zero-order valence-corrected chi connectivity index (χ0v) is 9.55. The van der Waals surface area contributed by atoms with Crippen molar-refractivity contribution in [2.45, 2.75) is 36.5 Å². The Kier molecular flexibility index (Phi) is 3.03. The fourth-order valence-electron chi connectivity index (χ4n) is 1.87. The average Bonchev–Trinajstić information content (AvgIpc) is 3.02. The van der Waals surface area contributed by atoms with Gasteiger partial charge in [0, 0.05) is 25.3 Å². The largest absolute Gasteiger partial charge is 0.381 e. The first-order valence-corrected chi connectivity index (χ1v) is 6.93. The van der Waals surface area contributed by atoms with Crippen LogP contribution in [0.2, 0.25) is 0 Å². The lowest BCUT2D eigenvalue weighted by atomic mass is 9.92. The molecule has 0 spiro atoms. The van der Waals surface area contributed by atoms with Gasteiger partial charge >= 0.3 is 0 Å². The number of rotatable bonds is 4. The molecular weight excluding hydrogens is 216 g/mol. The SMILES string of the molecule is NCC1(NS(=O)(=O)C2CC2)CCOCC1. The van der Waals surface area contributed by atoms with Gasteiger partial charge in [0.25, 0.3) is 0 Å². The van der Waals surface area contributed by atoms with Crippen LogP contribution in [0, 0.1) is 0 Å². The highest BCUT2D eigenvalue weighted by Gasteiger charge is 2.42. The van der Waals surface area contributed by atoms with Crippen LogP contribution in [-0.4, -0.2) is 39.0 Å². The van der Waals surface area contributed by atoms with E-state index in [2.05, 4.69) is 4.72 Å². The molecule has 0 aromatic heterocycles. The minimum absolute atomic E-state index is 0.177. The van der Waals surface area contributed by atoms with Gasteiger partial charge in [-0.1, -0.05) is 0 Å². The fraction of sp³-hybridized carbons (Fsp3) is 1.00. The molecule has 1 aliphatic heterocycles. The van der Waals surface area contributed by atoms with E-state index in [1.165, 1.54) is 0 Å². The number of nitrogens with two attached hydrogens (primary N) is 1. The zero-order valence-electron chi connectivity index (χ0n) is 8.74. The van der Waals surface area contributed by atoms with Gasteiger partial charge in [0.1, 0.15) is 0 Å². The van der Waals surface area contributed by atoms with Crippen LogP contribution in [0.25, 0.3) is 0 Å². The highest BCUT2D eigenvalue weighted by atomic mass is 32.2. The summed E-state index contributed by atoms with van der Waals surface area (Å²) >= 11 is 0. The van der Waals surface area contributed by atoms with Crippen molar-refractivity contribution in [3.63, 3.8) is 0 Å². The van der Waals surface area contributed by atoms with Crippen LogP contribution >= 0.6 is 0 Å². The van der Waals surface area contributed by atoms with E-state index in [0.717, 1.165) is 12.8 Å². The van der Waals surface area contributed by atoms with Crippen molar-refractivity contribution >= 4 is 10.0 Å². The van der Waals surface area contributed by atoms with Gasteiger partial charge in [-0.2, -0.15) is 0 Å². The van der Waals surface area contributed by atoms with Crippen LogP contribution in [0.3, 0.4) is 0 Å². The van der Waals surface area contributed by atoms with E-state index in [0.29, 0.717) is 32.6 Å². The molecule has 0 aromatic rings. The minimum atomic E-state index is -3.14.